The highest BCUT2D eigenvalue weighted by molar-refractivity contribution is 7.25. The van der Waals surface area contributed by atoms with E-state index in [1.807, 2.05) is 23.5 Å². The first-order valence-corrected chi connectivity index (χ1v) is 18.7. The van der Waals surface area contributed by atoms with E-state index >= 15 is 0 Å². The predicted octanol–water partition coefficient (Wildman–Crippen LogP) is 14.6. The van der Waals surface area contributed by atoms with Crippen LogP contribution >= 0.6 is 11.3 Å². The van der Waals surface area contributed by atoms with Gasteiger partial charge in [-0.15, -0.1) is 11.3 Å². The molecule has 1 aliphatic carbocycles. The Morgan fingerprint density at radius 2 is 1.21 bits per heavy atom. The largest absolute Gasteiger partial charge is 0.456 e. The SMILES string of the molecule is CC1(C)c2ccccc2-c2c(N(c3ccc(-c4ccc5cc6oc7ccccc7c6cc5c4)cc3)c3ccc4c(c3)sc3ccccc34)cccc21. The van der Waals surface area contributed by atoms with Crippen LogP contribution in [-0.4, -0.2) is 0 Å². The number of fused-ring (bicyclic) bond motifs is 10. The zero-order valence-electron chi connectivity index (χ0n) is 28.9. The highest BCUT2D eigenvalue weighted by Crippen LogP contribution is 2.54. The van der Waals surface area contributed by atoms with Crippen LogP contribution in [0.15, 0.2) is 168 Å². The van der Waals surface area contributed by atoms with Gasteiger partial charge in [0.15, 0.2) is 0 Å². The van der Waals surface area contributed by atoms with Crippen LogP contribution in [0.25, 0.3) is 75.1 Å². The fraction of sp³-hybridized carbons (Fsp3) is 0.0612. The summed E-state index contributed by atoms with van der Waals surface area (Å²) in [5, 5.41) is 7.32. The van der Waals surface area contributed by atoms with Gasteiger partial charge in [0, 0.05) is 53.3 Å². The third kappa shape index (κ3) is 4.30. The van der Waals surface area contributed by atoms with Crippen molar-refractivity contribution >= 4 is 81.3 Å². The van der Waals surface area contributed by atoms with Gasteiger partial charge in [-0.25, -0.2) is 0 Å². The molecule has 0 atom stereocenters. The molecular formula is C49H33NOS. The minimum Gasteiger partial charge on any atom is -0.456 e. The molecule has 2 aromatic heterocycles. The molecular weight excluding hydrogens is 651 g/mol. The normalized spacial score (nSPS) is 13.3. The molecule has 2 heterocycles. The summed E-state index contributed by atoms with van der Waals surface area (Å²) in [7, 11) is 0. The van der Waals surface area contributed by atoms with Crippen molar-refractivity contribution in [3.05, 3.63) is 175 Å². The zero-order valence-corrected chi connectivity index (χ0v) is 29.7. The van der Waals surface area contributed by atoms with Gasteiger partial charge >= 0.3 is 0 Å². The van der Waals surface area contributed by atoms with Gasteiger partial charge in [-0.05, 0) is 99.3 Å². The number of rotatable bonds is 4. The second-order valence-electron chi connectivity index (χ2n) is 14.5. The van der Waals surface area contributed by atoms with E-state index in [2.05, 4.69) is 170 Å². The molecule has 10 aromatic rings. The molecule has 2 nitrogen and oxygen atoms in total. The maximum Gasteiger partial charge on any atom is 0.136 e. The van der Waals surface area contributed by atoms with Crippen molar-refractivity contribution in [3.8, 4) is 22.3 Å². The Kier molecular flexibility index (Phi) is 6.21. The van der Waals surface area contributed by atoms with Crippen molar-refractivity contribution in [1.29, 1.82) is 0 Å². The van der Waals surface area contributed by atoms with Gasteiger partial charge in [0.2, 0.25) is 0 Å². The lowest BCUT2D eigenvalue weighted by Crippen LogP contribution is -2.16. The van der Waals surface area contributed by atoms with E-state index in [1.165, 1.54) is 70.0 Å². The van der Waals surface area contributed by atoms with Crippen molar-refractivity contribution < 1.29 is 4.42 Å². The van der Waals surface area contributed by atoms with Gasteiger partial charge in [-0.2, -0.15) is 0 Å². The van der Waals surface area contributed by atoms with Crippen molar-refractivity contribution in [2.75, 3.05) is 4.90 Å². The van der Waals surface area contributed by atoms with Crippen LogP contribution in [0.1, 0.15) is 25.0 Å². The maximum atomic E-state index is 6.18. The number of hydrogen-bond acceptors (Lipinski definition) is 3. The molecule has 0 radical (unpaired) electrons. The van der Waals surface area contributed by atoms with E-state index in [0.29, 0.717) is 0 Å². The first kappa shape index (κ1) is 29.6. The minimum atomic E-state index is -0.0860. The van der Waals surface area contributed by atoms with Gasteiger partial charge in [0.25, 0.3) is 0 Å². The molecule has 1 aliphatic rings. The van der Waals surface area contributed by atoms with E-state index in [1.54, 1.807) is 0 Å². The molecule has 0 amide bonds. The highest BCUT2D eigenvalue weighted by Gasteiger charge is 2.37. The van der Waals surface area contributed by atoms with Crippen LogP contribution in [0.4, 0.5) is 17.1 Å². The van der Waals surface area contributed by atoms with Crippen molar-refractivity contribution in [2.24, 2.45) is 0 Å². The molecule has 0 N–H and O–H groups in total. The van der Waals surface area contributed by atoms with Gasteiger partial charge in [-0.1, -0.05) is 117 Å². The Bertz CT molecular complexity index is 3050. The first-order chi connectivity index (χ1) is 25.5. The molecule has 3 heteroatoms. The van der Waals surface area contributed by atoms with Crippen molar-refractivity contribution in [3.63, 3.8) is 0 Å². The van der Waals surface area contributed by atoms with E-state index in [9.17, 15) is 0 Å². The average molecular weight is 684 g/mol. The van der Waals surface area contributed by atoms with Crippen molar-refractivity contribution in [2.45, 2.75) is 19.3 Å². The number of nitrogens with zero attached hydrogens (tertiary/aromatic N) is 1. The Morgan fingerprint density at radius 3 is 2.12 bits per heavy atom. The van der Waals surface area contributed by atoms with Crippen LogP contribution < -0.4 is 4.90 Å². The highest BCUT2D eigenvalue weighted by atomic mass is 32.1. The minimum absolute atomic E-state index is 0.0860. The zero-order chi connectivity index (χ0) is 34.6. The smallest absolute Gasteiger partial charge is 0.136 e. The lowest BCUT2D eigenvalue weighted by molar-refractivity contribution is 0.660. The summed E-state index contributed by atoms with van der Waals surface area (Å²) in [6.07, 6.45) is 0. The predicted molar refractivity (Wildman–Crippen MR) is 222 cm³/mol. The van der Waals surface area contributed by atoms with Crippen LogP contribution in [0.3, 0.4) is 0 Å². The summed E-state index contributed by atoms with van der Waals surface area (Å²) in [5.41, 5.74) is 13.0. The summed E-state index contributed by atoms with van der Waals surface area (Å²) in [4.78, 5) is 2.46. The molecule has 0 fully saturated rings. The van der Waals surface area contributed by atoms with E-state index in [4.69, 9.17) is 4.42 Å². The number of furan rings is 1. The van der Waals surface area contributed by atoms with Crippen molar-refractivity contribution in [1.82, 2.24) is 0 Å². The fourth-order valence-electron chi connectivity index (χ4n) is 8.65. The topological polar surface area (TPSA) is 16.4 Å². The molecule has 0 unspecified atom stereocenters. The van der Waals surface area contributed by atoms with E-state index < -0.39 is 0 Å². The van der Waals surface area contributed by atoms with Gasteiger partial charge < -0.3 is 9.32 Å². The summed E-state index contributed by atoms with van der Waals surface area (Å²) in [6, 6.07) is 60.1. The average Bonchev–Trinajstić information content (AvgIpc) is 3.81. The molecule has 8 aromatic carbocycles. The summed E-state index contributed by atoms with van der Waals surface area (Å²) in [5.74, 6) is 0. The molecule has 0 bridgehead atoms. The standard InChI is InChI=1S/C49H33NOS/c1-49(2)41-13-6-3-12-39(41)48-42(49)14-9-15-43(48)50(35-24-25-38-37-11-5-8-17-46(37)52-47(38)29-35)34-22-20-30(21-23-34)31-18-19-32-28-45-40(27-33(32)26-31)36-10-4-7-16-44(36)51-45/h3-29H,1-2H3. The van der Waals surface area contributed by atoms with E-state index in [0.717, 1.165) is 33.3 Å². The summed E-state index contributed by atoms with van der Waals surface area (Å²) in [6.45, 7) is 4.71. The Morgan fingerprint density at radius 1 is 0.481 bits per heavy atom. The molecule has 0 saturated heterocycles. The fourth-order valence-corrected chi connectivity index (χ4v) is 9.79. The van der Waals surface area contributed by atoms with E-state index in [-0.39, 0.29) is 5.41 Å². The van der Waals surface area contributed by atoms with Crippen LogP contribution in [-0.2, 0) is 5.41 Å². The van der Waals surface area contributed by atoms with Crippen LogP contribution in [0.2, 0.25) is 0 Å². The number of benzene rings is 8. The van der Waals surface area contributed by atoms with Crippen LogP contribution in [0.5, 0.6) is 0 Å². The third-order valence-corrected chi connectivity index (χ3v) is 12.4. The lowest BCUT2D eigenvalue weighted by Gasteiger charge is -2.29. The Hall–Kier alpha value is -6.16. The van der Waals surface area contributed by atoms with Gasteiger partial charge in [-0.3, -0.25) is 0 Å². The molecule has 0 spiro atoms. The Balaban J connectivity index is 1.07. The first-order valence-electron chi connectivity index (χ1n) is 17.9. The van der Waals surface area contributed by atoms with Crippen LogP contribution in [0, 0.1) is 0 Å². The molecule has 52 heavy (non-hydrogen) atoms. The second-order valence-corrected chi connectivity index (χ2v) is 15.6. The Labute approximate surface area is 305 Å². The molecule has 0 saturated carbocycles. The number of hydrogen-bond donors (Lipinski definition) is 0. The number of para-hydroxylation sites is 1. The lowest BCUT2D eigenvalue weighted by atomic mass is 9.82. The monoisotopic (exact) mass is 683 g/mol. The third-order valence-electron chi connectivity index (χ3n) is 11.2. The summed E-state index contributed by atoms with van der Waals surface area (Å²) >= 11 is 1.87. The second kappa shape index (κ2) is 10.9. The number of anilines is 3. The quantitative estimate of drug-likeness (QED) is 0.184. The molecule has 246 valence electrons. The number of thiophene rings is 1. The van der Waals surface area contributed by atoms with Gasteiger partial charge in [0.05, 0.1) is 5.69 Å². The maximum absolute atomic E-state index is 6.18. The van der Waals surface area contributed by atoms with Gasteiger partial charge in [0.1, 0.15) is 11.2 Å². The molecule has 11 rings (SSSR count). The molecule has 0 aliphatic heterocycles. The summed E-state index contributed by atoms with van der Waals surface area (Å²) < 4.78 is 8.79.